The van der Waals surface area contributed by atoms with Crippen LogP contribution in [0.25, 0.3) is 11.3 Å². The van der Waals surface area contributed by atoms with Crippen molar-refractivity contribution in [2.75, 3.05) is 41.4 Å². The number of halogens is 2. The largest absolute Gasteiger partial charge is 0.478 e. The zero-order valence-corrected chi connectivity index (χ0v) is 24.9. The van der Waals surface area contributed by atoms with Crippen molar-refractivity contribution in [3.8, 4) is 11.3 Å². The number of carboxylic acids is 1. The first-order chi connectivity index (χ1) is 19.3. The molecule has 5 rings (SSSR count). The highest BCUT2D eigenvalue weighted by Gasteiger charge is 2.20. The van der Waals surface area contributed by atoms with Crippen molar-refractivity contribution in [1.82, 2.24) is 4.98 Å². The van der Waals surface area contributed by atoms with Gasteiger partial charge in [0.2, 0.25) is 0 Å². The third-order valence-corrected chi connectivity index (χ3v) is 7.77. The minimum Gasteiger partial charge on any atom is -0.478 e. The molecule has 1 aromatic heterocycles. The number of nitrogens with zero attached hydrogens (tertiary/aromatic N) is 3. The van der Waals surface area contributed by atoms with E-state index in [2.05, 4.69) is 10.2 Å². The van der Waals surface area contributed by atoms with Gasteiger partial charge in [-0.05, 0) is 68.4 Å². The number of carboxylic acid groups (broad SMARTS) is 1. The van der Waals surface area contributed by atoms with Crippen molar-refractivity contribution in [2.24, 2.45) is 0 Å². The fourth-order valence-electron chi connectivity index (χ4n) is 4.54. The molecule has 214 valence electrons. The molecule has 2 N–H and O–H groups in total. The number of aromatic nitrogens is 1. The first kappa shape index (κ1) is 30.3. The second-order valence-corrected chi connectivity index (χ2v) is 10.9. The van der Waals surface area contributed by atoms with Gasteiger partial charge in [-0.3, -0.25) is 4.79 Å². The van der Waals surface area contributed by atoms with Crippen molar-refractivity contribution in [1.29, 1.82) is 0 Å². The Kier molecular flexibility index (Phi) is 9.88. The second kappa shape index (κ2) is 13.4. The molecule has 0 saturated carbocycles. The molecule has 1 saturated heterocycles. The van der Waals surface area contributed by atoms with Crippen LogP contribution in [0.2, 0.25) is 5.02 Å². The van der Waals surface area contributed by atoms with Crippen molar-refractivity contribution in [3.05, 3.63) is 88.3 Å². The maximum atomic E-state index is 12.8. The molecule has 0 atom stereocenters. The lowest BCUT2D eigenvalue weighted by molar-refractivity contribution is 0.0697. The molecule has 2 heterocycles. The van der Waals surface area contributed by atoms with Crippen LogP contribution in [0.1, 0.15) is 34.6 Å². The molecule has 0 aliphatic carbocycles. The molecule has 3 aromatic carbocycles. The zero-order chi connectivity index (χ0) is 28.2. The van der Waals surface area contributed by atoms with Crippen LogP contribution in [0, 0.1) is 0 Å². The molecule has 1 aliphatic heterocycles. The molecule has 0 unspecified atom stereocenters. The predicted molar refractivity (Wildman–Crippen MR) is 168 cm³/mol. The number of hydrogen-bond acceptors (Lipinski definition) is 7. The summed E-state index contributed by atoms with van der Waals surface area (Å²) in [6.45, 7) is 7.20. The third-order valence-electron chi connectivity index (χ3n) is 6.62. The van der Waals surface area contributed by atoms with E-state index in [-0.39, 0.29) is 34.9 Å². The van der Waals surface area contributed by atoms with Crippen LogP contribution < -0.4 is 15.1 Å². The first-order valence-corrected chi connectivity index (χ1v) is 14.2. The molecule has 11 heteroatoms. The number of benzene rings is 3. The van der Waals surface area contributed by atoms with E-state index >= 15 is 0 Å². The lowest BCUT2D eigenvalue weighted by Crippen LogP contribution is -2.36. The summed E-state index contributed by atoms with van der Waals surface area (Å²) in [6, 6.07) is 20.2. The molecule has 8 nitrogen and oxygen atoms in total. The highest BCUT2D eigenvalue weighted by molar-refractivity contribution is 7.14. The van der Waals surface area contributed by atoms with Gasteiger partial charge >= 0.3 is 5.97 Å². The van der Waals surface area contributed by atoms with Gasteiger partial charge < -0.3 is 25.0 Å². The summed E-state index contributed by atoms with van der Waals surface area (Å²) in [5, 5.41) is 15.2. The molecular formula is C30H30Cl2N4O4S. The van der Waals surface area contributed by atoms with Crippen LogP contribution in [0.4, 0.5) is 22.2 Å². The van der Waals surface area contributed by atoms with Crippen LogP contribution in [0.3, 0.4) is 0 Å². The number of ether oxygens (including phenoxy) is 1. The summed E-state index contributed by atoms with van der Waals surface area (Å²) >= 11 is 7.72. The third kappa shape index (κ3) is 7.00. The van der Waals surface area contributed by atoms with Crippen LogP contribution >= 0.6 is 35.3 Å². The summed E-state index contributed by atoms with van der Waals surface area (Å²) in [5.41, 5.74) is 4.92. The number of hydrogen-bond donors (Lipinski definition) is 2. The van der Waals surface area contributed by atoms with E-state index < -0.39 is 5.97 Å². The molecule has 0 bridgehead atoms. The maximum absolute atomic E-state index is 12.8. The molecule has 1 fully saturated rings. The monoisotopic (exact) mass is 612 g/mol. The van der Waals surface area contributed by atoms with Crippen molar-refractivity contribution in [2.45, 2.75) is 19.9 Å². The van der Waals surface area contributed by atoms with E-state index in [1.54, 1.807) is 12.1 Å². The number of aromatic carboxylic acids is 1. The minimum atomic E-state index is -1.06. The van der Waals surface area contributed by atoms with E-state index in [0.717, 1.165) is 40.9 Å². The summed E-state index contributed by atoms with van der Waals surface area (Å²) in [6.07, 6.45) is 0. The lowest BCUT2D eigenvalue weighted by Gasteiger charge is -2.28. The predicted octanol–water partition coefficient (Wildman–Crippen LogP) is 7.22. The smallest absolute Gasteiger partial charge is 0.337 e. The molecule has 0 spiro atoms. The Morgan fingerprint density at radius 1 is 1.05 bits per heavy atom. The Morgan fingerprint density at radius 3 is 2.34 bits per heavy atom. The highest BCUT2D eigenvalue weighted by atomic mass is 35.5. The molecule has 1 amide bonds. The number of thiazole rings is 1. The average Bonchev–Trinajstić information content (AvgIpc) is 3.43. The van der Waals surface area contributed by atoms with Crippen LogP contribution in [0.5, 0.6) is 0 Å². The van der Waals surface area contributed by atoms with E-state index in [1.807, 2.05) is 72.7 Å². The standard InChI is InChI=1S/C30H29ClN4O4S.ClH/c1-19(2)35(24-11-12-25(29(37)38)26(31)17-24)30-33-27(18-40-30)20-3-7-22(8-4-20)32-28(36)21-5-9-23(10-6-21)34-13-15-39-16-14-34;/h3-12,17-19H,13-16H2,1-2H3,(H,32,36)(H,37,38);1H. The van der Waals surface area contributed by atoms with Crippen LogP contribution in [-0.4, -0.2) is 54.3 Å². The van der Waals surface area contributed by atoms with E-state index in [0.29, 0.717) is 24.5 Å². The Balaban J connectivity index is 0.00000387. The normalized spacial score (nSPS) is 13.0. The Labute approximate surface area is 253 Å². The zero-order valence-electron chi connectivity index (χ0n) is 22.5. The molecule has 41 heavy (non-hydrogen) atoms. The van der Waals surface area contributed by atoms with Crippen molar-refractivity contribution in [3.63, 3.8) is 0 Å². The highest BCUT2D eigenvalue weighted by Crippen LogP contribution is 2.36. The number of amides is 1. The number of anilines is 4. The van der Waals surface area contributed by atoms with Crippen LogP contribution in [0.15, 0.2) is 72.1 Å². The van der Waals surface area contributed by atoms with Crippen LogP contribution in [-0.2, 0) is 4.74 Å². The average molecular weight is 614 g/mol. The van der Waals surface area contributed by atoms with Gasteiger partial charge in [-0.2, -0.15) is 0 Å². The van der Waals surface area contributed by atoms with E-state index in [4.69, 9.17) is 21.3 Å². The Hall–Kier alpha value is -3.63. The summed E-state index contributed by atoms with van der Waals surface area (Å²) in [5.74, 6) is -1.23. The van der Waals surface area contributed by atoms with Gasteiger partial charge in [0.15, 0.2) is 5.13 Å². The van der Waals surface area contributed by atoms with Gasteiger partial charge in [0.1, 0.15) is 0 Å². The second-order valence-electron chi connectivity index (χ2n) is 9.63. The van der Waals surface area contributed by atoms with Gasteiger partial charge in [-0.25, -0.2) is 9.78 Å². The summed E-state index contributed by atoms with van der Waals surface area (Å²) in [4.78, 5) is 33.3. The van der Waals surface area contributed by atoms with Gasteiger partial charge in [0.25, 0.3) is 5.91 Å². The number of morpholine rings is 1. The van der Waals surface area contributed by atoms with Gasteiger partial charge in [0.05, 0.1) is 29.5 Å². The maximum Gasteiger partial charge on any atom is 0.337 e. The van der Waals surface area contributed by atoms with E-state index in [9.17, 15) is 14.7 Å². The quantitative estimate of drug-likeness (QED) is 0.217. The van der Waals surface area contributed by atoms with Gasteiger partial charge in [-0.15, -0.1) is 23.7 Å². The molecule has 4 aromatic rings. The van der Waals surface area contributed by atoms with Gasteiger partial charge in [-0.1, -0.05) is 23.7 Å². The Bertz CT molecular complexity index is 1500. The lowest BCUT2D eigenvalue weighted by atomic mass is 10.1. The SMILES string of the molecule is CC(C)N(c1ccc(C(=O)O)c(Cl)c1)c1nc(-c2ccc(NC(=O)c3ccc(N4CCOCC4)cc3)cc2)cs1.Cl. The number of nitrogens with one attached hydrogen (secondary N) is 1. The number of rotatable bonds is 8. The molecule has 0 radical (unpaired) electrons. The van der Waals surface area contributed by atoms with Gasteiger partial charge in [0, 0.05) is 52.7 Å². The topological polar surface area (TPSA) is 95.0 Å². The fraction of sp³-hybridized carbons (Fsp3) is 0.233. The Morgan fingerprint density at radius 2 is 1.73 bits per heavy atom. The number of carbonyl (C=O) groups excluding carboxylic acids is 1. The fourth-order valence-corrected chi connectivity index (χ4v) is 5.78. The molecule has 1 aliphatic rings. The minimum absolute atomic E-state index is 0. The first-order valence-electron chi connectivity index (χ1n) is 12.9. The summed E-state index contributed by atoms with van der Waals surface area (Å²) in [7, 11) is 0. The summed E-state index contributed by atoms with van der Waals surface area (Å²) < 4.78 is 5.41. The number of carbonyl (C=O) groups is 2. The van der Waals surface area contributed by atoms with Crippen molar-refractivity contribution >= 4 is 69.4 Å². The molecular weight excluding hydrogens is 583 g/mol. The van der Waals surface area contributed by atoms with Crippen molar-refractivity contribution < 1.29 is 19.4 Å². The van der Waals surface area contributed by atoms with E-state index in [1.165, 1.54) is 17.4 Å².